The van der Waals surface area contributed by atoms with Crippen LogP contribution in [0.4, 0.5) is 0 Å². The topological polar surface area (TPSA) is 0 Å². The molecule has 1 heteroatoms. The standard InChI is InChI=1S/C17H21Cl/c1-9-3-6-13(10(2)7-9)17(18)16-14-11-4-5-12(8-11)15(14)16/h3,6-7,11-12,14-17H,4-5,8H2,1-2H3. The van der Waals surface area contributed by atoms with Gasteiger partial charge in [-0.25, -0.2) is 0 Å². The Labute approximate surface area is 115 Å². The molecule has 2 bridgehead atoms. The molecule has 0 aliphatic heterocycles. The van der Waals surface area contributed by atoms with E-state index < -0.39 is 0 Å². The first-order valence-corrected chi connectivity index (χ1v) is 7.81. The van der Waals surface area contributed by atoms with Crippen molar-refractivity contribution in [1.82, 2.24) is 0 Å². The SMILES string of the molecule is Cc1ccc(C(Cl)C2C3C4CCC(C4)C32)c(C)c1. The maximum atomic E-state index is 6.82. The highest BCUT2D eigenvalue weighted by molar-refractivity contribution is 6.21. The third-order valence-electron chi connectivity index (χ3n) is 5.86. The Kier molecular flexibility index (Phi) is 2.37. The summed E-state index contributed by atoms with van der Waals surface area (Å²) in [4.78, 5) is 0. The molecule has 3 fully saturated rings. The normalized spacial score (nSPS) is 41.8. The molecule has 96 valence electrons. The molecule has 0 aromatic heterocycles. The van der Waals surface area contributed by atoms with E-state index in [1.807, 2.05) is 0 Å². The van der Waals surface area contributed by atoms with Crippen LogP contribution in [0.3, 0.4) is 0 Å². The van der Waals surface area contributed by atoms with Gasteiger partial charge in [0.2, 0.25) is 0 Å². The summed E-state index contributed by atoms with van der Waals surface area (Å²) in [5, 5.41) is 0.268. The van der Waals surface area contributed by atoms with Gasteiger partial charge in [-0.3, -0.25) is 0 Å². The van der Waals surface area contributed by atoms with E-state index in [4.69, 9.17) is 11.6 Å². The van der Waals surface area contributed by atoms with E-state index in [1.165, 1.54) is 36.0 Å². The van der Waals surface area contributed by atoms with Crippen LogP contribution in [0, 0.1) is 43.4 Å². The summed E-state index contributed by atoms with van der Waals surface area (Å²) in [6, 6.07) is 6.75. The predicted octanol–water partition coefficient (Wildman–Crippen LogP) is 4.88. The van der Waals surface area contributed by atoms with Gasteiger partial charge in [0.05, 0.1) is 5.38 Å². The second-order valence-corrected chi connectivity index (χ2v) is 7.30. The number of aryl methyl sites for hydroxylation is 2. The summed E-state index contributed by atoms with van der Waals surface area (Å²) in [5.74, 6) is 4.80. The van der Waals surface area contributed by atoms with Gasteiger partial charge < -0.3 is 0 Å². The summed E-state index contributed by atoms with van der Waals surface area (Å²) in [6.45, 7) is 4.37. The molecule has 0 radical (unpaired) electrons. The molecule has 5 unspecified atom stereocenters. The number of alkyl halides is 1. The molecular weight excluding hydrogens is 240 g/mol. The molecule has 3 aliphatic rings. The zero-order chi connectivity index (χ0) is 12.4. The summed E-state index contributed by atoms with van der Waals surface area (Å²) in [6.07, 6.45) is 4.49. The largest absolute Gasteiger partial charge is 0.117 e. The average Bonchev–Trinajstić information content (AvgIpc) is 2.77. The van der Waals surface area contributed by atoms with Crippen LogP contribution in [0.25, 0.3) is 0 Å². The molecule has 0 saturated heterocycles. The van der Waals surface area contributed by atoms with Gasteiger partial charge in [-0.2, -0.15) is 0 Å². The van der Waals surface area contributed by atoms with Crippen LogP contribution in [0.5, 0.6) is 0 Å². The van der Waals surface area contributed by atoms with Gasteiger partial charge >= 0.3 is 0 Å². The molecule has 0 heterocycles. The van der Waals surface area contributed by atoms with Gasteiger partial charge in [0.15, 0.2) is 0 Å². The first-order valence-electron chi connectivity index (χ1n) is 7.38. The molecule has 0 N–H and O–H groups in total. The molecule has 4 rings (SSSR count). The van der Waals surface area contributed by atoms with E-state index in [9.17, 15) is 0 Å². The van der Waals surface area contributed by atoms with Crippen LogP contribution in [0.15, 0.2) is 18.2 Å². The van der Waals surface area contributed by atoms with Gasteiger partial charge in [-0.1, -0.05) is 23.8 Å². The summed E-state index contributed by atoms with van der Waals surface area (Å²) < 4.78 is 0. The van der Waals surface area contributed by atoms with Crippen LogP contribution in [0.2, 0.25) is 0 Å². The first-order chi connectivity index (χ1) is 8.66. The van der Waals surface area contributed by atoms with E-state index in [1.54, 1.807) is 0 Å². The van der Waals surface area contributed by atoms with Crippen molar-refractivity contribution in [2.24, 2.45) is 29.6 Å². The molecule has 18 heavy (non-hydrogen) atoms. The van der Waals surface area contributed by atoms with Gasteiger partial charge in [0, 0.05) is 0 Å². The van der Waals surface area contributed by atoms with Crippen LogP contribution >= 0.6 is 11.6 Å². The Morgan fingerprint density at radius 2 is 1.78 bits per heavy atom. The fraction of sp³-hybridized carbons (Fsp3) is 0.647. The van der Waals surface area contributed by atoms with E-state index in [2.05, 4.69) is 32.0 Å². The minimum absolute atomic E-state index is 0.268. The zero-order valence-corrected chi connectivity index (χ0v) is 12.0. The lowest BCUT2D eigenvalue weighted by Gasteiger charge is -2.17. The maximum Gasteiger partial charge on any atom is 0.0621 e. The van der Waals surface area contributed by atoms with Crippen molar-refractivity contribution >= 4 is 11.6 Å². The number of halogens is 1. The molecule has 3 aliphatic carbocycles. The van der Waals surface area contributed by atoms with Gasteiger partial charge in [0.25, 0.3) is 0 Å². The first kappa shape index (κ1) is 11.3. The van der Waals surface area contributed by atoms with Crippen molar-refractivity contribution in [2.75, 3.05) is 0 Å². The fourth-order valence-electron chi connectivity index (χ4n) is 5.13. The lowest BCUT2D eigenvalue weighted by molar-refractivity contribution is 0.454. The van der Waals surface area contributed by atoms with Crippen molar-refractivity contribution in [3.63, 3.8) is 0 Å². The quantitative estimate of drug-likeness (QED) is 0.665. The fourth-order valence-corrected chi connectivity index (χ4v) is 5.71. The Morgan fingerprint density at radius 1 is 1.11 bits per heavy atom. The molecule has 3 saturated carbocycles. The number of hydrogen-bond donors (Lipinski definition) is 0. The highest BCUT2D eigenvalue weighted by atomic mass is 35.5. The van der Waals surface area contributed by atoms with Gasteiger partial charge in [-0.05, 0) is 73.8 Å². The number of benzene rings is 1. The van der Waals surface area contributed by atoms with E-state index in [0.717, 1.165) is 29.6 Å². The monoisotopic (exact) mass is 260 g/mol. The highest BCUT2D eigenvalue weighted by Crippen LogP contribution is 2.73. The second-order valence-electron chi connectivity index (χ2n) is 6.83. The van der Waals surface area contributed by atoms with Crippen molar-refractivity contribution in [3.8, 4) is 0 Å². The summed E-state index contributed by atoms with van der Waals surface area (Å²) in [7, 11) is 0. The van der Waals surface area contributed by atoms with Crippen LogP contribution in [0.1, 0.15) is 41.3 Å². The van der Waals surface area contributed by atoms with Gasteiger partial charge in [0.1, 0.15) is 0 Å². The molecular formula is C17H21Cl. The molecule has 0 nitrogen and oxygen atoms in total. The van der Waals surface area contributed by atoms with Gasteiger partial charge in [-0.15, -0.1) is 11.6 Å². The van der Waals surface area contributed by atoms with Crippen molar-refractivity contribution in [3.05, 3.63) is 34.9 Å². The van der Waals surface area contributed by atoms with E-state index >= 15 is 0 Å². The highest BCUT2D eigenvalue weighted by Gasteiger charge is 2.66. The molecule has 0 amide bonds. The second kappa shape index (κ2) is 3.76. The average molecular weight is 261 g/mol. The summed E-state index contributed by atoms with van der Waals surface area (Å²) in [5.41, 5.74) is 4.12. The lowest BCUT2D eigenvalue weighted by Crippen LogP contribution is -2.05. The van der Waals surface area contributed by atoms with E-state index in [-0.39, 0.29) is 5.38 Å². The Balaban J connectivity index is 1.60. The van der Waals surface area contributed by atoms with E-state index in [0.29, 0.717) is 0 Å². The van der Waals surface area contributed by atoms with Crippen molar-refractivity contribution < 1.29 is 0 Å². The van der Waals surface area contributed by atoms with Crippen molar-refractivity contribution in [1.29, 1.82) is 0 Å². The minimum Gasteiger partial charge on any atom is -0.117 e. The Bertz CT molecular complexity index is 476. The third kappa shape index (κ3) is 1.45. The number of fused-ring (bicyclic) bond motifs is 5. The molecule has 1 aromatic rings. The Morgan fingerprint density at radius 3 is 2.39 bits per heavy atom. The number of rotatable bonds is 2. The summed E-state index contributed by atoms with van der Waals surface area (Å²) >= 11 is 6.82. The molecule has 1 aromatic carbocycles. The zero-order valence-electron chi connectivity index (χ0n) is 11.2. The van der Waals surface area contributed by atoms with Crippen LogP contribution in [-0.4, -0.2) is 0 Å². The smallest absolute Gasteiger partial charge is 0.0621 e. The molecule has 5 atom stereocenters. The Hall–Kier alpha value is -0.490. The molecule has 0 spiro atoms. The lowest BCUT2D eigenvalue weighted by atomic mass is 9.94. The van der Waals surface area contributed by atoms with Crippen LogP contribution in [-0.2, 0) is 0 Å². The minimum atomic E-state index is 0.268. The van der Waals surface area contributed by atoms with Crippen molar-refractivity contribution in [2.45, 2.75) is 38.5 Å². The van der Waals surface area contributed by atoms with Crippen LogP contribution < -0.4 is 0 Å². The third-order valence-corrected chi connectivity index (χ3v) is 6.38. The maximum absolute atomic E-state index is 6.82. The predicted molar refractivity (Wildman–Crippen MR) is 75.8 cm³/mol. The number of hydrogen-bond acceptors (Lipinski definition) is 0.